The summed E-state index contributed by atoms with van der Waals surface area (Å²) in [7, 11) is 2.14. The lowest BCUT2D eigenvalue weighted by molar-refractivity contribution is -0.274. The number of pyridine rings is 1. The molecule has 2 aliphatic rings. The molecule has 0 unspecified atom stereocenters. The Labute approximate surface area is 214 Å². The first kappa shape index (κ1) is 25.2. The molecule has 3 aromatic rings. The van der Waals surface area contributed by atoms with Crippen LogP contribution < -0.4 is 4.74 Å². The summed E-state index contributed by atoms with van der Waals surface area (Å²) in [5, 5.41) is 0. The van der Waals surface area contributed by atoms with E-state index in [4.69, 9.17) is 4.98 Å². The minimum atomic E-state index is -4.73. The molecule has 6 nitrogen and oxygen atoms in total. The number of fused-ring (bicyclic) bond motifs is 1. The average molecular weight is 511 g/mol. The molecule has 9 heteroatoms. The maximum Gasteiger partial charge on any atom is 0.573 e. The smallest absolute Gasteiger partial charge is 0.406 e. The Kier molecular flexibility index (Phi) is 6.92. The lowest BCUT2D eigenvalue weighted by atomic mass is 9.97. The number of halogens is 3. The molecule has 3 heterocycles. The van der Waals surface area contributed by atoms with Gasteiger partial charge in [-0.05, 0) is 60.5 Å². The van der Waals surface area contributed by atoms with Gasteiger partial charge >= 0.3 is 6.36 Å². The van der Waals surface area contributed by atoms with Gasteiger partial charge in [0.1, 0.15) is 5.75 Å². The number of carbonyl (C=O) groups excluding carboxylic acids is 1. The molecule has 0 spiro atoms. The summed E-state index contributed by atoms with van der Waals surface area (Å²) in [4.78, 5) is 24.3. The van der Waals surface area contributed by atoms with E-state index in [0.29, 0.717) is 18.7 Å². The molecule has 0 N–H and O–H groups in total. The van der Waals surface area contributed by atoms with E-state index in [1.54, 1.807) is 17.0 Å². The van der Waals surface area contributed by atoms with Crippen molar-refractivity contribution in [1.29, 1.82) is 0 Å². The Hall–Kier alpha value is -3.43. The summed E-state index contributed by atoms with van der Waals surface area (Å²) < 4.78 is 41.2. The first-order valence-electron chi connectivity index (χ1n) is 12.3. The number of ether oxygens (including phenoxy) is 1. The fourth-order valence-electron chi connectivity index (χ4n) is 4.96. The fraction of sp³-hybridized carbons (Fsp3) is 0.357. The summed E-state index contributed by atoms with van der Waals surface area (Å²) in [5.41, 5.74) is 6.32. The van der Waals surface area contributed by atoms with Crippen LogP contribution in [-0.2, 0) is 19.6 Å². The van der Waals surface area contributed by atoms with E-state index < -0.39 is 6.36 Å². The van der Waals surface area contributed by atoms with E-state index in [1.165, 1.54) is 12.1 Å². The molecule has 0 atom stereocenters. The van der Waals surface area contributed by atoms with E-state index in [9.17, 15) is 18.0 Å². The van der Waals surface area contributed by atoms with Gasteiger partial charge in [0.25, 0.3) is 5.91 Å². The summed E-state index contributed by atoms with van der Waals surface area (Å²) in [6.45, 7) is 7.74. The van der Waals surface area contributed by atoms with Crippen LogP contribution in [0, 0.1) is 6.92 Å². The second-order valence-corrected chi connectivity index (χ2v) is 9.80. The second kappa shape index (κ2) is 10.1. The standard InChI is InChI=1S/C28H29F3N4O2/c1-19-13-22(21-5-6-24(32-15-21)18-34-11-9-33(2)10-12-34)14-23-17-35(27(36)26(19)23)16-20-3-7-25(8-4-20)37-28(29,30)31/h3-8,13-15H,9-12,16-18H2,1-2H3. The summed E-state index contributed by atoms with van der Waals surface area (Å²) in [5.74, 6) is -0.355. The summed E-state index contributed by atoms with van der Waals surface area (Å²) in [6, 6.07) is 13.8. The van der Waals surface area contributed by atoms with Crippen LogP contribution in [0.3, 0.4) is 0 Å². The van der Waals surface area contributed by atoms with Gasteiger partial charge in [-0.15, -0.1) is 13.2 Å². The molecule has 1 saturated heterocycles. The van der Waals surface area contributed by atoms with Crippen molar-refractivity contribution in [1.82, 2.24) is 19.7 Å². The molecular weight excluding hydrogens is 481 g/mol. The van der Waals surface area contributed by atoms with Crippen LogP contribution in [0.4, 0.5) is 13.2 Å². The van der Waals surface area contributed by atoms with Gasteiger partial charge in [0.05, 0.1) is 5.69 Å². The Morgan fingerprint density at radius 3 is 2.32 bits per heavy atom. The molecule has 1 fully saturated rings. The number of rotatable bonds is 6. The van der Waals surface area contributed by atoms with Crippen molar-refractivity contribution in [3.05, 3.63) is 82.7 Å². The third-order valence-corrected chi connectivity index (χ3v) is 6.95. The molecular formula is C28H29F3N4O2. The third kappa shape index (κ3) is 5.94. The van der Waals surface area contributed by atoms with Crippen molar-refractivity contribution in [2.24, 2.45) is 0 Å². The largest absolute Gasteiger partial charge is 0.573 e. The zero-order valence-corrected chi connectivity index (χ0v) is 20.9. The van der Waals surface area contributed by atoms with Crippen molar-refractivity contribution in [3.8, 4) is 16.9 Å². The third-order valence-electron chi connectivity index (χ3n) is 6.95. The van der Waals surface area contributed by atoms with Crippen molar-refractivity contribution >= 4 is 5.91 Å². The zero-order valence-electron chi connectivity index (χ0n) is 20.9. The van der Waals surface area contributed by atoms with Gasteiger partial charge < -0.3 is 14.5 Å². The topological polar surface area (TPSA) is 48.9 Å². The van der Waals surface area contributed by atoms with E-state index in [2.05, 4.69) is 33.7 Å². The van der Waals surface area contributed by atoms with E-state index in [1.807, 2.05) is 25.3 Å². The fourth-order valence-corrected chi connectivity index (χ4v) is 4.96. The molecule has 2 aliphatic heterocycles. The lowest BCUT2D eigenvalue weighted by Gasteiger charge is -2.32. The number of carbonyl (C=O) groups is 1. The molecule has 5 rings (SSSR count). The molecule has 0 saturated carbocycles. The number of aromatic nitrogens is 1. The Balaban J connectivity index is 1.26. The first-order valence-corrected chi connectivity index (χ1v) is 12.3. The predicted molar refractivity (Wildman–Crippen MR) is 134 cm³/mol. The zero-order chi connectivity index (χ0) is 26.2. The number of aryl methyl sites for hydroxylation is 1. The molecule has 1 amide bonds. The number of benzene rings is 2. The highest BCUT2D eigenvalue weighted by atomic mass is 19.4. The average Bonchev–Trinajstić information content (AvgIpc) is 3.16. The van der Waals surface area contributed by atoms with Crippen LogP contribution in [0.2, 0.25) is 0 Å². The van der Waals surface area contributed by atoms with Gasteiger partial charge in [-0.25, -0.2) is 0 Å². The number of likely N-dealkylation sites (N-methyl/N-ethyl adjacent to an activating group) is 1. The highest BCUT2D eigenvalue weighted by molar-refractivity contribution is 6.00. The van der Waals surface area contributed by atoms with Gasteiger partial charge in [-0.1, -0.05) is 24.3 Å². The van der Waals surface area contributed by atoms with E-state index in [0.717, 1.165) is 66.2 Å². The van der Waals surface area contributed by atoms with Gasteiger partial charge in [-0.2, -0.15) is 0 Å². The Morgan fingerprint density at radius 1 is 0.946 bits per heavy atom. The van der Waals surface area contributed by atoms with E-state index in [-0.39, 0.29) is 11.7 Å². The van der Waals surface area contributed by atoms with E-state index >= 15 is 0 Å². The number of piperazine rings is 1. The number of alkyl halides is 3. The van der Waals surface area contributed by atoms with Crippen LogP contribution in [0.1, 0.15) is 32.7 Å². The van der Waals surface area contributed by atoms with Gasteiger partial charge in [-0.3, -0.25) is 14.7 Å². The molecule has 0 radical (unpaired) electrons. The first-order chi connectivity index (χ1) is 17.6. The maximum atomic E-state index is 13.1. The molecule has 1 aromatic heterocycles. The Bertz CT molecular complexity index is 1270. The molecule has 0 aliphatic carbocycles. The summed E-state index contributed by atoms with van der Waals surface area (Å²) in [6.07, 6.45) is -2.84. The number of nitrogens with zero attached hydrogens (tertiary/aromatic N) is 4. The highest BCUT2D eigenvalue weighted by Gasteiger charge is 2.32. The molecule has 2 aromatic carbocycles. The van der Waals surface area contributed by atoms with Crippen LogP contribution in [0.15, 0.2) is 54.7 Å². The maximum absolute atomic E-state index is 13.1. The highest BCUT2D eigenvalue weighted by Crippen LogP contribution is 2.32. The van der Waals surface area contributed by atoms with Crippen LogP contribution in [0.25, 0.3) is 11.1 Å². The monoisotopic (exact) mass is 510 g/mol. The Morgan fingerprint density at radius 2 is 1.68 bits per heavy atom. The minimum absolute atomic E-state index is 0.0738. The lowest BCUT2D eigenvalue weighted by Crippen LogP contribution is -2.43. The van der Waals surface area contributed by atoms with Gasteiger partial charge in [0.15, 0.2) is 0 Å². The van der Waals surface area contributed by atoms with Crippen LogP contribution in [0.5, 0.6) is 5.75 Å². The SMILES string of the molecule is Cc1cc(-c2ccc(CN3CCN(C)CC3)nc2)cc2c1C(=O)N(Cc1ccc(OC(F)(F)F)cc1)C2. The van der Waals surface area contributed by atoms with Crippen LogP contribution >= 0.6 is 0 Å². The minimum Gasteiger partial charge on any atom is -0.406 e. The van der Waals surface area contributed by atoms with Crippen molar-refractivity contribution < 1.29 is 22.7 Å². The molecule has 194 valence electrons. The number of amides is 1. The van der Waals surface area contributed by atoms with Crippen molar-refractivity contribution in [3.63, 3.8) is 0 Å². The van der Waals surface area contributed by atoms with Gasteiger partial charge in [0.2, 0.25) is 0 Å². The predicted octanol–water partition coefficient (Wildman–Crippen LogP) is 4.86. The van der Waals surface area contributed by atoms with Crippen molar-refractivity contribution in [2.45, 2.75) is 32.9 Å². The summed E-state index contributed by atoms with van der Waals surface area (Å²) >= 11 is 0. The van der Waals surface area contributed by atoms with Crippen LogP contribution in [-0.4, -0.2) is 65.2 Å². The number of hydrogen-bond acceptors (Lipinski definition) is 5. The van der Waals surface area contributed by atoms with Gasteiger partial charge in [0, 0.05) is 63.1 Å². The normalized spacial score (nSPS) is 16.8. The second-order valence-electron chi connectivity index (χ2n) is 9.80. The van der Waals surface area contributed by atoms with Crippen molar-refractivity contribution in [2.75, 3.05) is 33.2 Å². The molecule has 37 heavy (non-hydrogen) atoms. The quantitative estimate of drug-likeness (QED) is 0.474. The molecule has 0 bridgehead atoms. The number of hydrogen-bond donors (Lipinski definition) is 0.